The van der Waals surface area contributed by atoms with Crippen molar-refractivity contribution in [2.45, 2.75) is 41.7 Å². The Morgan fingerprint density at radius 2 is 1.04 bits per heavy atom. The van der Waals surface area contributed by atoms with E-state index in [0.717, 1.165) is 12.5 Å². The first-order valence-corrected chi connectivity index (χ1v) is 15.5. The fraction of sp³-hybridized carbons (Fsp3) is 0.233. The Kier molecular flexibility index (Phi) is 10.2. The van der Waals surface area contributed by atoms with Gasteiger partial charge in [-0.3, -0.25) is 4.79 Å². The highest BCUT2D eigenvalue weighted by molar-refractivity contribution is 5.89. The molecule has 0 aliphatic heterocycles. The van der Waals surface area contributed by atoms with Crippen LogP contribution in [0.15, 0.2) is 91.2 Å². The maximum atomic E-state index is 12.8. The molecule has 2 aromatic heterocycles. The van der Waals surface area contributed by atoms with E-state index in [-0.39, 0.29) is 11.1 Å². The van der Waals surface area contributed by atoms with Crippen LogP contribution < -0.4 is 37.4 Å². The summed E-state index contributed by atoms with van der Waals surface area (Å²) < 4.78 is 200. The smallest absolute Gasteiger partial charge is 0.460 e. The Labute approximate surface area is 286 Å². The Morgan fingerprint density at radius 3 is 1.63 bits per heavy atom. The normalized spacial score (nSPS) is 13.7. The van der Waals surface area contributed by atoms with Gasteiger partial charge in [0, 0.05) is 23.6 Å². The summed E-state index contributed by atoms with van der Waals surface area (Å²) >= 11 is -0.530. The van der Waals surface area contributed by atoms with Gasteiger partial charge in [-0.15, -0.1) is 0 Å². The minimum atomic E-state index is -8.50. The van der Waals surface area contributed by atoms with Crippen LogP contribution in [0, 0.1) is 7.14 Å². The second kappa shape index (κ2) is 13.2. The predicted molar refractivity (Wildman–Crippen MR) is 141 cm³/mol. The number of halogens is 16. The highest BCUT2D eigenvalue weighted by Crippen LogP contribution is 2.62. The number of para-hydroxylation sites is 1. The van der Waals surface area contributed by atoms with E-state index >= 15 is 0 Å². The Bertz CT molecular complexity index is 2280. The van der Waals surface area contributed by atoms with Crippen LogP contribution in [-0.4, -0.2) is 47.7 Å². The molecule has 5 aromatic rings. The van der Waals surface area contributed by atoms with Gasteiger partial charge in [0.15, 0.2) is 7.14 Å². The van der Waals surface area contributed by atoms with Crippen LogP contribution in [0.5, 0.6) is 0 Å². The van der Waals surface area contributed by atoms with Gasteiger partial charge in [0.2, 0.25) is 5.43 Å². The number of alkyl halides is 15. The van der Waals surface area contributed by atoms with E-state index < -0.39 is 68.9 Å². The molecular weight excluding hydrogens is 868 g/mol. The van der Waals surface area contributed by atoms with E-state index in [0.29, 0.717) is 27.5 Å². The van der Waals surface area contributed by atoms with Crippen molar-refractivity contribution in [3.8, 4) is 0 Å². The minimum Gasteiger partial charge on any atom is -0.544 e. The van der Waals surface area contributed by atoms with E-state index in [1.165, 1.54) is 6.07 Å². The second-order valence-corrected chi connectivity index (χ2v) is 13.4. The molecule has 280 valence electrons. The highest BCUT2D eigenvalue weighted by atomic mass is 127. The zero-order valence-electron chi connectivity index (χ0n) is 24.4. The van der Waals surface area contributed by atoms with E-state index in [9.17, 15) is 85.3 Å². The lowest BCUT2D eigenvalue weighted by molar-refractivity contribution is -0.597. The first-order valence-electron chi connectivity index (χ1n) is 13.3. The zero-order valence-corrected chi connectivity index (χ0v) is 26.6. The molecule has 0 radical (unpaired) electrons. The number of aliphatic carboxylic acids is 1. The molecule has 0 bridgehead atoms. The fourth-order valence-corrected chi connectivity index (χ4v) is 6.49. The fourth-order valence-electron chi connectivity index (χ4n) is 4.15. The number of carbonyl (C=O) groups is 1. The molecule has 22 heteroatoms. The Morgan fingerprint density at radius 1 is 0.538 bits per heavy atom. The molecule has 52 heavy (non-hydrogen) atoms. The van der Waals surface area contributed by atoms with Crippen LogP contribution in [0.4, 0.5) is 65.9 Å². The van der Waals surface area contributed by atoms with Crippen LogP contribution in [-0.2, 0) is 4.79 Å². The highest BCUT2D eigenvalue weighted by Gasteiger charge is 2.93. The van der Waals surface area contributed by atoms with Crippen LogP contribution in [0.3, 0.4) is 0 Å². The summed E-state index contributed by atoms with van der Waals surface area (Å²) in [5.41, 5.74) is 1.42. The molecule has 0 aliphatic carbocycles. The third kappa shape index (κ3) is 6.52. The lowest BCUT2D eigenvalue weighted by atomic mass is 9.91. The number of fused-ring (bicyclic) bond motifs is 3. The number of rotatable bonds is 8. The van der Waals surface area contributed by atoms with Gasteiger partial charge in [0.25, 0.3) is 0 Å². The summed E-state index contributed by atoms with van der Waals surface area (Å²) in [6.45, 7) is 0. The SMILES string of the molecule is O=C([O-])C(F)(F)C(F)(F)C(F)(F)C(F)(F)C(F)(F)C(F)(F)C(F)(F)F.O=c1ccc2ccc([I+]c3ccc4oc5ccccc5c(=O)c4c3)cc2o1. The van der Waals surface area contributed by atoms with E-state index in [2.05, 4.69) is 0 Å². The molecule has 0 saturated heterocycles. The maximum Gasteiger partial charge on any atom is 0.460 e. The van der Waals surface area contributed by atoms with Crippen LogP contribution in [0.25, 0.3) is 32.9 Å². The van der Waals surface area contributed by atoms with Gasteiger partial charge in [-0.2, -0.15) is 65.9 Å². The number of hydrogen-bond acceptors (Lipinski definition) is 6. The molecule has 0 N–H and O–H groups in total. The standard InChI is InChI=1S/C22H12IO4.C8HF15O2/c24-21-10-6-13-5-7-15(12-20(13)27-21)23-14-8-9-19-17(11-14)22(25)16-3-1-2-4-18(16)26-19;9-2(10,1(24)25)3(11,12)4(13,14)5(15,16)6(17,18)7(19,20)8(21,22)23/h1-12H;(H,24,25)/q+1;/p-1. The molecule has 3 aromatic carbocycles. The maximum absolute atomic E-state index is 12.8. The Hall–Kier alpha value is -4.51. The number of carboxylic acid groups (broad SMARTS) is 1. The van der Waals surface area contributed by atoms with E-state index in [1.807, 2.05) is 48.5 Å². The first kappa shape index (κ1) is 40.3. The van der Waals surface area contributed by atoms with Crippen LogP contribution >= 0.6 is 0 Å². The van der Waals surface area contributed by atoms with Gasteiger partial charge >= 0.3 is 68.5 Å². The summed E-state index contributed by atoms with van der Waals surface area (Å²) in [5, 5.41) is 11.7. The summed E-state index contributed by atoms with van der Waals surface area (Å²) in [6.07, 6.45) is -7.71. The molecule has 0 amide bonds. The minimum absolute atomic E-state index is 0.0118. The van der Waals surface area contributed by atoms with Crippen molar-refractivity contribution in [2.75, 3.05) is 0 Å². The van der Waals surface area contributed by atoms with Crippen molar-refractivity contribution in [1.29, 1.82) is 0 Å². The molecule has 0 unspecified atom stereocenters. The van der Waals surface area contributed by atoms with Crippen LogP contribution in [0.2, 0.25) is 0 Å². The molecule has 0 spiro atoms. The van der Waals surface area contributed by atoms with Gasteiger partial charge in [-0.25, -0.2) is 4.79 Å². The third-order valence-corrected chi connectivity index (χ3v) is 9.51. The molecule has 6 nitrogen and oxygen atoms in total. The van der Waals surface area contributed by atoms with Gasteiger partial charge in [-0.1, -0.05) is 12.1 Å². The average molecular weight is 880 g/mol. The van der Waals surface area contributed by atoms with Crippen molar-refractivity contribution in [3.05, 3.63) is 101 Å². The van der Waals surface area contributed by atoms with Gasteiger partial charge in [0.05, 0.1) is 10.8 Å². The molecular formula is C30H12F15IO6. The molecule has 0 aliphatic rings. The van der Waals surface area contributed by atoms with E-state index in [1.54, 1.807) is 18.2 Å². The molecule has 0 atom stereocenters. The summed E-state index contributed by atoms with van der Waals surface area (Å²) in [5.74, 6) is -53.3. The quantitative estimate of drug-likeness (QED) is 0.1000. The summed E-state index contributed by atoms with van der Waals surface area (Å²) in [4.78, 5) is 33.9. The lowest BCUT2D eigenvalue weighted by Gasteiger charge is -2.41. The van der Waals surface area contributed by atoms with Gasteiger partial charge < -0.3 is 18.7 Å². The van der Waals surface area contributed by atoms with Crippen molar-refractivity contribution in [2.24, 2.45) is 0 Å². The third-order valence-electron chi connectivity index (χ3n) is 6.93. The molecule has 0 fully saturated rings. The number of carbonyl (C=O) groups excluding carboxylic acids is 1. The van der Waals surface area contributed by atoms with Crippen molar-refractivity contribution < 1.29 is 106 Å². The van der Waals surface area contributed by atoms with Crippen molar-refractivity contribution in [3.63, 3.8) is 0 Å². The molecule has 0 saturated carbocycles. The first-order chi connectivity index (χ1) is 23.6. The van der Waals surface area contributed by atoms with Gasteiger partial charge in [0.1, 0.15) is 22.7 Å². The average Bonchev–Trinajstić information content (AvgIpc) is 3.04. The second-order valence-electron chi connectivity index (χ2n) is 10.3. The van der Waals surface area contributed by atoms with Crippen molar-refractivity contribution >= 4 is 38.9 Å². The predicted octanol–water partition coefficient (Wildman–Crippen LogP) is 4.29. The van der Waals surface area contributed by atoms with Crippen LogP contribution in [0.1, 0.15) is 0 Å². The number of hydrogen-bond donors (Lipinski definition) is 0. The van der Waals surface area contributed by atoms with Gasteiger partial charge in [-0.05, 0) is 42.5 Å². The monoisotopic (exact) mass is 880 g/mol. The van der Waals surface area contributed by atoms with Crippen molar-refractivity contribution in [1.82, 2.24) is 0 Å². The topological polar surface area (TPSA) is 101 Å². The molecule has 5 rings (SSSR count). The van der Waals surface area contributed by atoms with E-state index in [4.69, 9.17) is 8.83 Å². The largest absolute Gasteiger partial charge is 0.544 e. The lowest BCUT2D eigenvalue weighted by Crippen LogP contribution is -3.61. The summed E-state index contributed by atoms with van der Waals surface area (Å²) in [7, 11) is 0. The number of benzene rings is 3. The summed E-state index contributed by atoms with van der Waals surface area (Å²) in [6, 6.07) is 22.2. The zero-order chi connectivity index (χ0) is 39.5. The molecule has 2 heterocycles. The Balaban J connectivity index is 0.000000234. The number of carboxylic acids is 1.